The molecular weight excluding hydrogens is 253 g/mol. The predicted molar refractivity (Wildman–Crippen MR) is 72.7 cm³/mol. The van der Waals surface area contributed by atoms with Gasteiger partial charge in [-0.3, -0.25) is 4.98 Å². The second kappa shape index (κ2) is 5.52. The van der Waals surface area contributed by atoms with Crippen LogP contribution in [0.5, 0.6) is 0 Å². The number of hydrogen-bond acceptors (Lipinski definition) is 1. The lowest BCUT2D eigenvalue weighted by Crippen LogP contribution is -2.00. The summed E-state index contributed by atoms with van der Waals surface area (Å²) in [5, 5.41) is 0.665. The molecule has 0 aliphatic heterocycles. The zero-order chi connectivity index (χ0) is 12.3. The number of alkyl halides is 1. The van der Waals surface area contributed by atoms with Crippen molar-refractivity contribution in [1.82, 2.24) is 4.98 Å². The van der Waals surface area contributed by atoms with Gasteiger partial charge in [0.2, 0.25) is 0 Å². The van der Waals surface area contributed by atoms with Crippen molar-refractivity contribution in [3.8, 4) is 0 Å². The van der Waals surface area contributed by atoms with Crippen LogP contribution in [0.4, 0.5) is 0 Å². The van der Waals surface area contributed by atoms with Crippen molar-refractivity contribution >= 4 is 23.2 Å². The third kappa shape index (κ3) is 2.99. The average Bonchev–Trinajstić information content (AvgIpc) is 2.34. The van der Waals surface area contributed by atoms with Crippen molar-refractivity contribution in [2.24, 2.45) is 0 Å². The van der Waals surface area contributed by atoms with E-state index in [4.69, 9.17) is 23.2 Å². The van der Waals surface area contributed by atoms with Crippen LogP contribution in [0.2, 0.25) is 5.02 Å². The van der Waals surface area contributed by atoms with Crippen LogP contribution in [-0.2, 0) is 6.42 Å². The third-order valence-corrected chi connectivity index (χ3v) is 3.56. The Kier molecular flexibility index (Phi) is 4.03. The van der Waals surface area contributed by atoms with Crippen LogP contribution in [0.3, 0.4) is 0 Å². The summed E-state index contributed by atoms with van der Waals surface area (Å²) < 4.78 is 0. The van der Waals surface area contributed by atoms with Gasteiger partial charge in [0.25, 0.3) is 0 Å². The van der Waals surface area contributed by atoms with Crippen molar-refractivity contribution in [2.45, 2.75) is 18.7 Å². The normalized spacial score (nSPS) is 12.4. The molecule has 0 aliphatic carbocycles. The van der Waals surface area contributed by atoms with E-state index in [0.717, 1.165) is 21.8 Å². The van der Waals surface area contributed by atoms with Gasteiger partial charge in [-0.15, -0.1) is 11.6 Å². The van der Waals surface area contributed by atoms with Crippen LogP contribution in [-0.4, -0.2) is 4.98 Å². The summed E-state index contributed by atoms with van der Waals surface area (Å²) in [5.41, 5.74) is 3.11. The van der Waals surface area contributed by atoms with Crippen molar-refractivity contribution in [3.63, 3.8) is 0 Å². The smallest absolute Gasteiger partial charge is 0.0643 e. The van der Waals surface area contributed by atoms with Gasteiger partial charge in [-0.05, 0) is 36.2 Å². The number of hydrogen-bond donors (Lipinski definition) is 0. The molecule has 0 aliphatic rings. The highest BCUT2D eigenvalue weighted by molar-refractivity contribution is 6.31. The van der Waals surface area contributed by atoms with Gasteiger partial charge in [0, 0.05) is 23.3 Å². The highest BCUT2D eigenvalue weighted by atomic mass is 35.5. The molecule has 0 N–H and O–H groups in total. The molecule has 0 saturated carbocycles. The number of aromatic nitrogens is 1. The molecule has 0 saturated heterocycles. The molecule has 1 aromatic carbocycles. The maximum Gasteiger partial charge on any atom is 0.0643 e. The molecule has 1 atom stereocenters. The monoisotopic (exact) mass is 265 g/mol. The van der Waals surface area contributed by atoms with Gasteiger partial charge in [0.1, 0.15) is 0 Å². The fourth-order valence-electron chi connectivity index (χ4n) is 1.78. The van der Waals surface area contributed by atoms with Crippen molar-refractivity contribution in [1.29, 1.82) is 0 Å². The molecule has 1 nitrogen and oxygen atoms in total. The van der Waals surface area contributed by atoms with E-state index in [1.54, 1.807) is 6.20 Å². The van der Waals surface area contributed by atoms with Gasteiger partial charge < -0.3 is 0 Å². The Morgan fingerprint density at radius 3 is 2.71 bits per heavy atom. The minimum atomic E-state index is -0.0939. The molecule has 0 fully saturated rings. The number of halogens is 2. The first-order valence-corrected chi connectivity index (χ1v) is 6.29. The van der Waals surface area contributed by atoms with Crippen LogP contribution < -0.4 is 0 Å². The van der Waals surface area contributed by atoms with E-state index in [-0.39, 0.29) is 5.38 Å². The molecule has 2 rings (SSSR count). The van der Waals surface area contributed by atoms with E-state index < -0.39 is 0 Å². The van der Waals surface area contributed by atoms with Crippen molar-refractivity contribution < 1.29 is 0 Å². The fourth-order valence-corrected chi connectivity index (χ4v) is 2.35. The zero-order valence-corrected chi connectivity index (χ0v) is 11.0. The molecule has 88 valence electrons. The lowest BCUT2D eigenvalue weighted by atomic mass is 10.0. The number of benzene rings is 1. The van der Waals surface area contributed by atoms with Gasteiger partial charge in [0.05, 0.1) is 5.38 Å². The Morgan fingerprint density at radius 2 is 2.00 bits per heavy atom. The summed E-state index contributed by atoms with van der Waals surface area (Å²) in [6.07, 6.45) is 2.49. The van der Waals surface area contributed by atoms with Crippen LogP contribution in [0.1, 0.15) is 22.2 Å². The minimum absolute atomic E-state index is 0.0939. The highest BCUT2D eigenvalue weighted by Crippen LogP contribution is 2.30. The molecule has 0 amide bonds. The number of nitrogens with zero attached hydrogens (tertiary/aromatic N) is 1. The second-order valence-corrected chi connectivity index (χ2v) is 4.88. The first-order valence-electron chi connectivity index (χ1n) is 5.47. The van der Waals surface area contributed by atoms with Crippen LogP contribution in [0, 0.1) is 6.92 Å². The Hall–Kier alpha value is -1.05. The molecule has 2 aromatic rings. The number of pyridine rings is 1. The third-order valence-electron chi connectivity index (χ3n) is 2.76. The summed E-state index contributed by atoms with van der Waals surface area (Å²) in [7, 11) is 0. The van der Waals surface area contributed by atoms with Gasteiger partial charge in [-0.1, -0.05) is 29.8 Å². The summed E-state index contributed by atoms with van der Waals surface area (Å²) in [6.45, 7) is 1.99. The topological polar surface area (TPSA) is 12.9 Å². The Balaban J connectivity index is 2.20. The fraction of sp³-hybridized carbons (Fsp3) is 0.214. The van der Waals surface area contributed by atoms with Crippen LogP contribution in [0.15, 0.2) is 42.6 Å². The van der Waals surface area contributed by atoms with E-state index >= 15 is 0 Å². The molecule has 1 unspecified atom stereocenters. The summed E-state index contributed by atoms with van der Waals surface area (Å²) in [4.78, 5) is 4.28. The van der Waals surface area contributed by atoms with E-state index in [9.17, 15) is 0 Å². The summed E-state index contributed by atoms with van der Waals surface area (Å²) in [5.74, 6) is 0. The van der Waals surface area contributed by atoms with Gasteiger partial charge >= 0.3 is 0 Å². The standard InChI is InChI=1S/C14H13Cl2N/c1-10-12(6-4-7-13(10)15)14(16)9-11-5-2-3-8-17-11/h2-8,14H,9H2,1H3. The quantitative estimate of drug-likeness (QED) is 0.742. The average molecular weight is 266 g/mol. The van der Waals surface area contributed by atoms with Crippen LogP contribution in [0.25, 0.3) is 0 Å². The highest BCUT2D eigenvalue weighted by Gasteiger charge is 2.13. The Bertz CT molecular complexity index is 497. The molecular formula is C14H13Cl2N. The van der Waals surface area contributed by atoms with Gasteiger partial charge in [-0.2, -0.15) is 0 Å². The zero-order valence-electron chi connectivity index (χ0n) is 9.53. The second-order valence-electron chi connectivity index (χ2n) is 3.95. The number of rotatable bonds is 3. The summed E-state index contributed by atoms with van der Waals surface area (Å²) >= 11 is 12.5. The summed E-state index contributed by atoms with van der Waals surface area (Å²) in [6, 6.07) is 11.7. The molecule has 3 heteroatoms. The minimum Gasteiger partial charge on any atom is -0.261 e. The van der Waals surface area contributed by atoms with Gasteiger partial charge in [0.15, 0.2) is 0 Å². The Morgan fingerprint density at radius 1 is 1.18 bits per heavy atom. The molecule has 0 bridgehead atoms. The Labute approximate surface area is 111 Å². The van der Waals surface area contributed by atoms with E-state index in [1.165, 1.54) is 0 Å². The predicted octanol–water partition coefficient (Wildman–Crippen LogP) is 4.57. The van der Waals surface area contributed by atoms with Gasteiger partial charge in [-0.25, -0.2) is 0 Å². The SMILES string of the molecule is Cc1c(Cl)cccc1C(Cl)Cc1ccccn1. The maximum atomic E-state index is 6.42. The molecule has 1 aromatic heterocycles. The molecule has 0 spiro atoms. The largest absolute Gasteiger partial charge is 0.261 e. The first kappa shape index (κ1) is 12.4. The molecule has 1 heterocycles. The lowest BCUT2D eigenvalue weighted by molar-refractivity contribution is 0.874. The van der Waals surface area contributed by atoms with Crippen molar-refractivity contribution in [2.75, 3.05) is 0 Å². The molecule has 17 heavy (non-hydrogen) atoms. The van der Waals surface area contributed by atoms with Crippen molar-refractivity contribution in [3.05, 3.63) is 64.4 Å². The van der Waals surface area contributed by atoms with Crippen LogP contribution >= 0.6 is 23.2 Å². The van der Waals surface area contributed by atoms with E-state index in [1.807, 2.05) is 43.3 Å². The molecule has 0 radical (unpaired) electrons. The van der Waals surface area contributed by atoms with E-state index in [2.05, 4.69) is 4.98 Å². The maximum absolute atomic E-state index is 6.42. The first-order chi connectivity index (χ1) is 8.18. The van der Waals surface area contributed by atoms with E-state index in [0.29, 0.717) is 6.42 Å². The lowest BCUT2D eigenvalue weighted by Gasteiger charge is -2.13.